The summed E-state index contributed by atoms with van der Waals surface area (Å²) in [6, 6.07) is -3.30. The average Bonchev–Trinajstić information content (AvgIpc) is 3.44. The van der Waals surface area contributed by atoms with E-state index in [1.165, 1.54) is 25.0 Å². The van der Waals surface area contributed by atoms with Gasteiger partial charge >= 0.3 is 5.97 Å². The molecule has 0 aliphatic rings. The molecule has 2 heterocycles. The fraction of sp³-hybridized carbons (Fsp3) is 0.474. The standard InChI is InChI=1S/C19H28N8O5/c1-10(2)16(19(31)32)27-18(30)14(4-12-7-22-9-24-12)26-17(29)13(25-15(28)5-20)3-11-6-21-8-23-11/h6-10,13-14,16H,3-5,20H2,1-2H3,(H,21,23)(H,22,24)(H,25,28)(H,26,29)(H,27,30)(H,31,32). The van der Waals surface area contributed by atoms with Crippen molar-refractivity contribution in [1.82, 2.24) is 35.9 Å². The number of aromatic amines is 2. The number of carboxylic acids is 1. The maximum Gasteiger partial charge on any atom is 0.326 e. The molecule has 0 spiro atoms. The lowest BCUT2D eigenvalue weighted by atomic mass is 10.0. The van der Waals surface area contributed by atoms with Crippen LogP contribution in [0.2, 0.25) is 0 Å². The smallest absolute Gasteiger partial charge is 0.326 e. The number of hydrogen-bond acceptors (Lipinski definition) is 7. The molecule has 0 saturated carbocycles. The van der Waals surface area contributed by atoms with Gasteiger partial charge in [0.25, 0.3) is 0 Å². The summed E-state index contributed by atoms with van der Waals surface area (Å²) in [6.07, 6.45) is 5.96. The van der Waals surface area contributed by atoms with E-state index >= 15 is 0 Å². The van der Waals surface area contributed by atoms with E-state index in [1.54, 1.807) is 13.8 Å². The van der Waals surface area contributed by atoms with Crippen LogP contribution in [0.4, 0.5) is 0 Å². The van der Waals surface area contributed by atoms with Crippen molar-refractivity contribution < 1.29 is 24.3 Å². The molecule has 2 aromatic heterocycles. The zero-order valence-corrected chi connectivity index (χ0v) is 17.8. The predicted octanol–water partition coefficient (Wildman–Crippen LogP) is -1.93. The monoisotopic (exact) mass is 448 g/mol. The Kier molecular flexibility index (Phi) is 8.89. The molecular weight excluding hydrogens is 420 g/mol. The second-order valence-electron chi connectivity index (χ2n) is 7.52. The van der Waals surface area contributed by atoms with Crippen LogP contribution >= 0.6 is 0 Å². The van der Waals surface area contributed by atoms with Gasteiger partial charge < -0.3 is 36.8 Å². The summed E-state index contributed by atoms with van der Waals surface area (Å²) < 4.78 is 0. The van der Waals surface area contributed by atoms with Gasteiger partial charge in [-0.05, 0) is 5.92 Å². The second kappa shape index (κ2) is 11.6. The van der Waals surface area contributed by atoms with E-state index in [0.717, 1.165) is 0 Å². The van der Waals surface area contributed by atoms with Crippen molar-refractivity contribution in [2.75, 3.05) is 6.54 Å². The van der Waals surface area contributed by atoms with Gasteiger partial charge in [-0.2, -0.15) is 0 Å². The number of nitrogens with two attached hydrogens (primary N) is 1. The number of aromatic nitrogens is 4. The van der Waals surface area contributed by atoms with Crippen LogP contribution in [-0.2, 0) is 32.0 Å². The number of carboxylic acid groups (broad SMARTS) is 1. The van der Waals surface area contributed by atoms with Crippen LogP contribution in [0.1, 0.15) is 25.2 Å². The summed E-state index contributed by atoms with van der Waals surface area (Å²) in [7, 11) is 0. The molecule has 0 saturated heterocycles. The maximum absolute atomic E-state index is 13.0. The maximum atomic E-state index is 13.0. The van der Waals surface area contributed by atoms with Gasteiger partial charge in [-0.15, -0.1) is 0 Å². The molecular formula is C19H28N8O5. The van der Waals surface area contributed by atoms with Crippen LogP contribution in [-0.4, -0.2) is 73.4 Å². The van der Waals surface area contributed by atoms with E-state index in [2.05, 4.69) is 35.9 Å². The van der Waals surface area contributed by atoms with Crippen molar-refractivity contribution in [2.45, 2.75) is 44.8 Å². The highest BCUT2D eigenvalue weighted by Gasteiger charge is 2.31. The Hall–Kier alpha value is -3.74. The normalized spacial score (nSPS) is 13.8. The third-order valence-electron chi connectivity index (χ3n) is 4.66. The number of carbonyl (C=O) groups is 4. The first kappa shape index (κ1) is 24.5. The molecule has 8 N–H and O–H groups in total. The highest BCUT2D eigenvalue weighted by Crippen LogP contribution is 2.06. The minimum Gasteiger partial charge on any atom is -0.480 e. The van der Waals surface area contributed by atoms with E-state index in [4.69, 9.17) is 5.73 Å². The SMILES string of the molecule is CC(C)C(NC(=O)C(Cc1cnc[nH]1)NC(=O)C(Cc1cnc[nH]1)NC(=O)CN)C(=O)O. The summed E-state index contributed by atoms with van der Waals surface area (Å²) >= 11 is 0. The van der Waals surface area contributed by atoms with Crippen molar-refractivity contribution in [3.05, 3.63) is 36.4 Å². The molecule has 3 atom stereocenters. The Morgan fingerprint density at radius 1 is 0.938 bits per heavy atom. The number of rotatable bonds is 12. The Bertz CT molecular complexity index is 897. The third kappa shape index (κ3) is 7.19. The van der Waals surface area contributed by atoms with Gasteiger partial charge in [0.2, 0.25) is 17.7 Å². The van der Waals surface area contributed by atoms with Crippen molar-refractivity contribution >= 4 is 23.7 Å². The van der Waals surface area contributed by atoms with Gasteiger partial charge in [0.15, 0.2) is 0 Å². The molecule has 174 valence electrons. The zero-order valence-electron chi connectivity index (χ0n) is 17.8. The number of imidazole rings is 2. The minimum atomic E-state index is -1.19. The van der Waals surface area contributed by atoms with E-state index in [1.807, 2.05) is 0 Å². The highest BCUT2D eigenvalue weighted by atomic mass is 16.4. The Morgan fingerprint density at radius 3 is 1.84 bits per heavy atom. The summed E-state index contributed by atoms with van der Waals surface area (Å²) in [4.78, 5) is 62.7. The summed E-state index contributed by atoms with van der Waals surface area (Å²) in [6.45, 7) is 2.99. The molecule has 2 aromatic rings. The third-order valence-corrected chi connectivity index (χ3v) is 4.66. The Morgan fingerprint density at radius 2 is 1.44 bits per heavy atom. The lowest BCUT2D eigenvalue weighted by Gasteiger charge is -2.25. The van der Waals surface area contributed by atoms with E-state index in [-0.39, 0.29) is 25.3 Å². The topological polar surface area (TPSA) is 208 Å². The predicted molar refractivity (Wildman–Crippen MR) is 112 cm³/mol. The number of carbonyl (C=O) groups excluding carboxylic acids is 3. The second-order valence-corrected chi connectivity index (χ2v) is 7.52. The average molecular weight is 448 g/mol. The molecule has 3 unspecified atom stereocenters. The fourth-order valence-electron chi connectivity index (χ4n) is 2.94. The number of aliphatic carboxylic acids is 1. The quantitative estimate of drug-likeness (QED) is 0.194. The summed E-state index contributed by atoms with van der Waals surface area (Å²) in [5.74, 6) is -3.44. The zero-order chi connectivity index (χ0) is 23.7. The van der Waals surface area contributed by atoms with E-state index in [9.17, 15) is 24.3 Å². The van der Waals surface area contributed by atoms with Crippen molar-refractivity contribution in [2.24, 2.45) is 11.7 Å². The lowest BCUT2D eigenvalue weighted by Crippen LogP contribution is -2.58. The first-order chi connectivity index (χ1) is 15.2. The lowest BCUT2D eigenvalue weighted by molar-refractivity contribution is -0.143. The fourth-order valence-corrected chi connectivity index (χ4v) is 2.94. The van der Waals surface area contributed by atoms with Crippen LogP contribution in [0.3, 0.4) is 0 Å². The number of H-pyrrole nitrogens is 2. The van der Waals surface area contributed by atoms with Crippen LogP contribution < -0.4 is 21.7 Å². The highest BCUT2D eigenvalue weighted by molar-refractivity contribution is 5.93. The van der Waals surface area contributed by atoms with Crippen molar-refractivity contribution in [1.29, 1.82) is 0 Å². The Balaban J connectivity index is 2.20. The van der Waals surface area contributed by atoms with Crippen LogP contribution in [0.25, 0.3) is 0 Å². The molecule has 0 bridgehead atoms. The van der Waals surface area contributed by atoms with Crippen molar-refractivity contribution in [3.8, 4) is 0 Å². The molecule has 3 amide bonds. The van der Waals surface area contributed by atoms with Gasteiger partial charge in [-0.3, -0.25) is 14.4 Å². The molecule has 0 aliphatic carbocycles. The molecule has 32 heavy (non-hydrogen) atoms. The van der Waals surface area contributed by atoms with Crippen LogP contribution in [0.5, 0.6) is 0 Å². The summed E-state index contributed by atoms with van der Waals surface area (Å²) in [5.41, 5.74) is 6.49. The molecule has 0 aromatic carbocycles. The van der Waals surface area contributed by atoms with E-state index < -0.39 is 41.8 Å². The first-order valence-electron chi connectivity index (χ1n) is 9.98. The van der Waals surface area contributed by atoms with Crippen LogP contribution in [0, 0.1) is 5.92 Å². The number of nitrogens with one attached hydrogen (secondary N) is 5. The first-order valence-corrected chi connectivity index (χ1v) is 9.98. The number of hydrogen-bond donors (Lipinski definition) is 7. The molecule has 2 rings (SSSR count). The van der Waals surface area contributed by atoms with Crippen LogP contribution in [0.15, 0.2) is 25.0 Å². The van der Waals surface area contributed by atoms with Gasteiger partial charge in [0.05, 0.1) is 19.2 Å². The molecule has 0 radical (unpaired) electrons. The van der Waals surface area contributed by atoms with E-state index in [0.29, 0.717) is 11.4 Å². The number of amides is 3. The molecule has 13 heteroatoms. The largest absolute Gasteiger partial charge is 0.480 e. The van der Waals surface area contributed by atoms with Crippen molar-refractivity contribution in [3.63, 3.8) is 0 Å². The molecule has 13 nitrogen and oxygen atoms in total. The van der Waals surface area contributed by atoms with Gasteiger partial charge in [-0.1, -0.05) is 13.8 Å². The number of nitrogens with zero attached hydrogens (tertiary/aromatic N) is 2. The van der Waals surface area contributed by atoms with Gasteiger partial charge in [0.1, 0.15) is 18.1 Å². The van der Waals surface area contributed by atoms with Gasteiger partial charge in [0, 0.05) is 36.6 Å². The molecule has 0 aliphatic heterocycles. The molecule has 0 fully saturated rings. The Labute approximate surface area is 184 Å². The summed E-state index contributed by atoms with van der Waals surface area (Å²) in [5, 5.41) is 17.0. The van der Waals surface area contributed by atoms with Gasteiger partial charge in [-0.25, -0.2) is 14.8 Å². The minimum absolute atomic E-state index is 0.0314.